The van der Waals surface area contributed by atoms with E-state index >= 15 is 0 Å². The molecule has 0 saturated carbocycles. The Labute approximate surface area is 175 Å². The van der Waals surface area contributed by atoms with Crippen molar-refractivity contribution in [3.05, 3.63) is 66.0 Å². The maximum Gasteiger partial charge on any atom is 0.233 e. The maximum absolute atomic E-state index is 12.4. The van der Waals surface area contributed by atoms with Gasteiger partial charge in [-0.3, -0.25) is 9.36 Å². The van der Waals surface area contributed by atoms with Crippen LogP contribution in [0.25, 0.3) is 5.69 Å². The van der Waals surface area contributed by atoms with E-state index in [0.717, 1.165) is 11.4 Å². The van der Waals surface area contributed by atoms with E-state index in [4.69, 9.17) is 4.74 Å². The third kappa shape index (κ3) is 5.38. The second-order valence-corrected chi connectivity index (χ2v) is 7.47. The van der Waals surface area contributed by atoms with Crippen LogP contribution in [0.15, 0.2) is 59.8 Å². The van der Waals surface area contributed by atoms with Gasteiger partial charge in [0, 0.05) is 18.8 Å². The average Bonchev–Trinajstić information content (AvgIpc) is 3.16. The van der Waals surface area contributed by atoms with Gasteiger partial charge in [-0.1, -0.05) is 47.7 Å². The minimum absolute atomic E-state index is 0.0973. The molecule has 152 valence electrons. The molecule has 0 bridgehead atoms. The van der Waals surface area contributed by atoms with Gasteiger partial charge in [0.2, 0.25) is 5.91 Å². The number of amides is 1. The van der Waals surface area contributed by atoms with Gasteiger partial charge in [0.25, 0.3) is 0 Å². The molecule has 0 radical (unpaired) electrons. The molecule has 6 nitrogen and oxygen atoms in total. The summed E-state index contributed by atoms with van der Waals surface area (Å²) in [6.45, 7) is 7.71. The quantitative estimate of drug-likeness (QED) is 0.497. The summed E-state index contributed by atoms with van der Waals surface area (Å²) in [5, 5.41) is 9.34. The number of carbonyl (C=O) groups excluding carboxylic acids is 1. The summed E-state index contributed by atoms with van der Waals surface area (Å²) in [4.78, 5) is 14.2. The van der Waals surface area contributed by atoms with Gasteiger partial charge in [-0.25, -0.2) is 0 Å². The average molecular weight is 411 g/mol. The number of ether oxygens (including phenoxy) is 1. The third-order valence-electron chi connectivity index (χ3n) is 4.54. The smallest absolute Gasteiger partial charge is 0.233 e. The van der Waals surface area contributed by atoms with Gasteiger partial charge >= 0.3 is 0 Å². The molecule has 0 atom stereocenters. The van der Waals surface area contributed by atoms with Gasteiger partial charge in [-0.05, 0) is 45.0 Å². The number of para-hydroxylation sites is 1. The fourth-order valence-corrected chi connectivity index (χ4v) is 3.77. The van der Waals surface area contributed by atoms with Crippen molar-refractivity contribution in [3.8, 4) is 11.4 Å². The first-order valence-corrected chi connectivity index (χ1v) is 10.7. The monoisotopic (exact) mass is 410 g/mol. The molecule has 0 fully saturated rings. The van der Waals surface area contributed by atoms with Crippen LogP contribution in [0.5, 0.6) is 5.75 Å². The van der Waals surface area contributed by atoms with Crippen molar-refractivity contribution in [2.24, 2.45) is 0 Å². The molecule has 3 aromatic rings. The van der Waals surface area contributed by atoms with E-state index in [1.807, 2.05) is 84.8 Å². The fourth-order valence-electron chi connectivity index (χ4n) is 2.90. The van der Waals surface area contributed by atoms with Crippen molar-refractivity contribution in [2.75, 3.05) is 18.8 Å². The van der Waals surface area contributed by atoms with Crippen molar-refractivity contribution in [1.29, 1.82) is 0 Å². The van der Waals surface area contributed by atoms with Crippen LogP contribution in [0.4, 0.5) is 0 Å². The van der Waals surface area contributed by atoms with Crippen LogP contribution < -0.4 is 4.74 Å². The molecule has 0 spiro atoms. The van der Waals surface area contributed by atoms with E-state index < -0.39 is 0 Å². The molecule has 0 aliphatic carbocycles. The van der Waals surface area contributed by atoms with E-state index in [1.54, 1.807) is 0 Å². The Morgan fingerprint density at radius 2 is 1.72 bits per heavy atom. The highest BCUT2D eigenvalue weighted by molar-refractivity contribution is 7.99. The molecular weight excluding hydrogens is 384 g/mol. The Morgan fingerprint density at radius 1 is 1.03 bits per heavy atom. The maximum atomic E-state index is 12.4. The normalized spacial score (nSPS) is 10.7. The topological polar surface area (TPSA) is 60.3 Å². The van der Waals surface area contributed by atoms with Gasteiger partial charge in [-0.2, -0.15) is 0 Å². The number of thioether (sulfide) groups is 1. The van der Waals surface area contributed by atoms with Crippen LogP contribution in [-0.2, 0) is 11.4 Å². The summed E-state index contributed by atoms with van der Waals surface area (Å²) in [6.07, 6.45) is 0. The van der Waals surface area contributed by atoms with Gasteiger partial charge < -0.3 is 9.64 Å². The van der Waals surface area contributed by atoms with Crippen molar-refractivity contribution in [2.45, 2.75) is 32.5 Å². The van der Waals surface area contributed by atoms with Crippen LogP contribution in [0.1, 0.15) is 25.2 Å². The predicted molar refractivity (Wildman–Crippen MR) is 116 cm³/mol. The number of hydrogen-bond donors (Lipinski definition) is 0. The van der Waals surface area contributed by atoms with Crippen LogP contribution in [0, 0.1) is 6.92 Å². The minimum atomic E-state index is 0.0973. The second kappa shape index (κ2) is 10.1. The molecule has 1 amide bonds. The highest BCUT2D eigenvalue weighted by Gasteiger charge is 2.18. The summed E-state index contributed by atoms with van der Waals surface area (Å²) < 4.78 is 7.87. The Balaban J connectivity index is 1.79. The predicted octanol–water partition coefficient (Wildman–Crippen LogP) is 4.12. The lowest BCUT2D eigenvalue weighted by molar-refractivity contribution is -0.127. The van der Waals surface area contributed by atoms with Gasteiger partial charge in [0.1, 0.15) is 12.4 Å². The zero-order valence-electron chi connectivity index (χ0n) is 17.0. The number of carbonyl (C=O) groups is 1. The number of hydrogen-bond acceptors (Lipinski definition) is 5. The third-order valence-corrected chi connectivity index (χ3v) is 5.46. The summed E-state index contributed by atoms with van der Waals surface area (Å²) in [5.74, 6) is 1.89. The lowest BCUT2D eigenvalue weighted by Crippen LogP contribution is -2.31. The second-order valence-electron chi connectivity index (χ2n) is 6.53. The summed E-state index contributed by atoms with van der Waals surface area (Å²) in [7, 11) is 0. The molecule has 0 unspecified atom stereocenters. The van der Waals surface area contributed by atoms with Crippen molar-refractivity contribution < 1.29 is 9.53 Å². The Bertz CT molecular complexity index is 922. The highest BCUT2D eigenvalue weighted by Crippen LogP contribution is 2.23. The summed E-state index contributed by atoms with van der Waals surface area (Å²) >= 11 is 1.40. The molecule has 7 heteroatoms. The molecule has 2 aromatic carbocycles. The Hall–Kier alpha value is -2.80. The van der Waals surface area contributed by atoms with E-state index in [1.165, 1.54) is 17.3 Å². The largest absolute Gasteiger partial charge is 0.486 e. The van der Waals surface area contributed by atoms with Crippen LogP contribution in [0.2, 0.25) is 0 Å². The van der Waals surface area contributed by atoms with Crippen molar-refractivity contribution >= 4 is 17.7 Å². The molecule has 0 aliphatic rings. The van der Waals surface area contributed by atoms with Gasteiger partial charge in [-0.15, -0.1) is 10.2 Å². The van der Waals surface area contributed by atoms with Gasteiger partial charge in [0.05, 0.1) is 5.75 Å². The molecule has 3 rings (SSSR count). The zero-order chi connectivity index (χ0) is 20.6. The first kappa shape index (κ1) is 20.9. The van der Waals surface area contributed by atoms with E-state index in [9.17, 15) is 4.79 Å². The first-order valence-electron chi connectivity index (χ1n) is 9.72. The fraction of sp³-hybridized carbons (Fsp3) is 0.318. The lowest BCUT2D eigenvalue weighted by Gasteiger charge is -2.18. The molecular formula is C22H26N4O2S. The van der Waals surface area contributed by atoms with Crippen LogP contribution in [-0.4, -0.2) is 44.4 Å². The number of aromatic nitrogens is 3. The SMILES string of the molecule is CCN(CC)C(=O)CSc1nnc(COc2ccc(C)cc2)n1-c1ccccc1. The number of benzene rings is 2. The van der Waals surface area contributed by atoms with Gasteiger partial charge in [0.15, 0.2) is 11.0 Å². The standard InChI is InChI=1S/C22H26N4O2S/c1-4-25(5-2)21(27)16-29-22-24-23-20(26(22)18-9-7-6-8-10-18)15-28-19-13-11-17(3)12-14-19/h6-14H,4-5,15-16H2,1-3H3. The molecule has 0 saturated heterocycles. The van der Waals surface area contributed by atoms with Crippen LogP contribution in [0.3, 0.4) is 0 Å². The Kier molecular flexibility index (Phi) is 7.30. The van der Waals surface area contributed by atoms with E-state index in [0.29, 0.717) is 29.8 Å². The molecule has 1 heterocycles. The summed E-state index contributed by atoms with van der Waals surface area (Å²) in [5.41, 5.74) is 2.12. The number of aryl methyl sites for hydroxylation is 1. The molecule has 1 aromatic heterocycles. The van der Waals surface area contributed by atoms with E-state index in [-0.39, 0.29) is 12.5 Å². The number of rotatable bonds is 9. The molecule has 0 N–H and O–H groups in total. The van der Waals surface area contributed by atoms with Crippen molar-refractivity contribution in [1.82, 2.24) is 19.7 Å². The minimum Gasteiger partial charge on any atom is -0.486 e. The zero-order valence-corrected chi connectivity index (χ0v) is 17.9. The summed E-state index contributed by atoms with van der Waals surface area (Å²) in [6, 6.07) is 17.8. The lowest BCUT2D eigenvalue weighted by atomic mass is 10.2. The molecule has 29 heavy (non-hydrogen) atoms. The molecule has 0 aliphatic heterocycles. The van der Waals surface area contributed by atoms with Crippen molar-refractivity contribution in [3.63, 3.8) is 0 Å². The first-order chi connectivity index (χ1) is 14.1. The van der Waals surface area contributed by atoms with E-state index in [2.05, 4.69) is 10.2 Å². The Morgan fingerprint density at radius 3 is 2.38 bits per heavy atom. The highest BCUT2D eigenvalue weighted by atomic mass is 32.2. The number of nitrogens with zero attached hydrogens (tertiary/aromatic N) is 4. The van der Waals surface area contributed by atoms with Crippen LogP contribution >= 0.6 is 11.8 Å².